The first-order valence-electron chi connectivity index (χ1n) is 9.34. The maximum atomic E-state index is 13.0. The Labute approximate surface area is 170 Å². The Bertz CT molecular complexity index is 1140. The molecule has 1 atom stereocenters. The predicted molar refractivity (Wildman–Crippen MR) is 115 cm³/mol. The topological polar surface area (TPSA) is 84.5 Å². The monoisotopic (exact) mass is 412 g/mol. The number of para-hydroxylation sites is 1. The van der Waals surface area contributed by atoms with Crippen LogP contribution in [0.1, 0.15) is 30.6 Å². The summed E-state index contributed by atoms with van der Waals surface area (Å²) < 4.78 is 33.7. The van der Waals surface area contributed by atoms with E-state index in [9.17, 15) is 13.2 Å². The fourth-order valence-corrected chi connectivity index (χ4v) is 3.99. The molecule has 0 bridgehead atoms. The second-order valence-electron chi connectivity index (χ2n) is 6.81. The molecule has 0 unspecified atom stereocenters. The van der Waals surface area contributed by atoms with Gasteiger partial charge in [-0.05, 0) is 60.5 Å². The number of amides is 1. The van der Waals surface area contributed by atoms with Crippen LogP contribution in [0.2, 0.25) is 0 Å². The van der Waals surface area contributed by atoms with Gasteiger partial charge in [0, 0.05) is 6.04 Å². The molecular formula is C22H24N2O4S. The summed E-state index contributed by atoms with van der Waals surface area (Å²) in [5, 5.41) is 4.51. The molecule has 0 heterocycles. The smallest absolute Gasteiger partial charge is 0.261 e. The summed E-state index contributed by atoms with van der Waals surface area (Å²) >= 11 is 0. The van der Waals surface area contributed by atoms with Gasteiger partial charge in [-0.1, -0.05) is 31.2 Å². The maximum Gasteiger partial charge on any atom is 0.261 e. The Kier molecular flexibility index (Phi) is 6.08. The van der Waals surface area contributed by atoms with E-state index in [-0.39, 0.29) is 28.1 Å². The van der Waals surface area contributed by atoms with Crippen molar-refractivity contribution >= 4 is 32.4 Å². The number of hydrogen-bond donors (Lipinski definition) is 2. The van der Waals surface area contributed by atoms with Crippen molar-refractivity contribution < 1.29 is 17.9 Å². The highest BCUT2D eigenvalue weighted by atomic mass is 32.2. The van der Waals surface area contributed by atoms with Gasteiger partial charge in [-0.3, -0.25) is 9.52 Å². The molecule has 6 nitrogen and oxygen atoms in total. The number of ether oxygens (including phenoxy) is 1. The number of nitrogens with one attached hydrogen (secondary N) is 2. The first kappa shape index (κ1) is 20.7. The molecule has 29 heavy (non-hydrogen) atoms. The van der Waals surface area contributed by atoms with E-state index in [4.69, 9.17) is 4.74 Å². The molecule has 0 fully saturated rings. The minimum Gasteiger partial charge on any atom is -0.497 e. The molecule has 0 radical (unpaired) electrons. The van der Waals surface area contributed by atoms with E-state index in [1.165, 1.54) is 6.07 Å². The van der Waals surface area contributed by atoms with Crippen LogP contribution in [-0.2, 0) is 10.0 Å². The molecule has 1 amide bonds. The van der Waals surface area contributed by atoms with Gasteiger partial charge in [0.05, 0.1) is 23.3 Å². The minimum atomic E-state index is -3.87. The molecule has 0 saturated heterocycles. The zero-order valence-electron chi connectivity index (χ0n) is 16.6. The summed E-state index contributed by atoms with van der Waals surface area (Å²) in [6, 6.07) is 16.8. The Balaban J connectivity index is 1.92. The van der Waals surface area contributed by atoms with Crippen LogP contribution in [0.25, 0.3) is 10.8 Å². The molecule has 7 heteroatoms. The molecule has 0 aliphatic rings. The number of anilines is 1. The number of carbonyl (C=O) groups excluding carboxylic acids is 1. The number of sulfonamides is 1. The highest BCUT2D eigenvalue weighted by molar-refractivity contribution is 7.92. The third-order valence-corrected chi connectivity index (χ3v) is 6.10. The lowest BCUT2D eigenvalue weighted by molar-refractivity contribution is 0.0940. The fraction of sp³-hybridized carbons (Fsp3) is 0.227. The van der Waals surface area contributed by atoms with Crippen LogP contribution in [-0.4, -0.2) is 27.5 Å². The van der Waals surface area contributed by atoms with Gasteiger partial charge < -0.3 is 10.1 Å². The number of carbonyl (C=O) groups is 1. The normalized spacial score (nSPS) is 12.4. The zero-order valence-corrected chi connectivity index (χ0v) is 17.4. The van der Waals surface area contributed by atoms with E-state index in [0.717, 1.165) is 17.2 Å². The van der Waals surface area contributed by atoms with Crippen LogP contribution >= 0.6 is 0 Å². The summed E-state index contributed by atoms with van der Waals surface area (Å²) in [5.41, 5.74) is 0.519. The van der Waals surface area contributed by atoms with Crippen molar-refractivity contribution in [2.24, 2.45) is 0 Å². The van der Waals surface area contributed by atoms with Crippen molar-refractivity contribution in [3.05, 3.63) is 66.2 Å². The van der Waals surface area contributed by atoms with Crippen molar-refractivity contribution in [2.75, 3.05) is 11.8 Å². The molecule has 2 N–H and O–H groups in total. The summed E-state index contributed by atoms with van der Waals surface area (Å²) in [5.74, 6) is 0.385. The highest BCUT2D eigenvalue weighted by Crippen LogP contribution is 2.26. The molecule has 0 aliphatic heterocycles. The van der Waals surface area contributed by atoms with Gasteiger partial charge in [-0.25, -0.2) is 8.42 Å². The molecule has 3 aromatic rings. The number of benzene rings is 3. The van der Waals surface area contributed by atoms with Gasteiger partial charge in [0.25, 0.3) is 15.9 Å². The zero-order chi connectivity index (χ0) is 21.0. The Morgan fingerprint density at radius 1 is 1.03 bits per heavy atom. The number of fused-ring (bicyclic) bond motifs is 1. The van der Waals surface area contributed by atoms with Crippen molar-refractivity contribution in [1.29, 1.82) is 0 Å². The molecule has 152 valence electrons. The van der Waals surface area contributed by atoms with Gasteiger partial charge in [-0.15, -0.1) is 0 Å². The molecule has 0 aliphatic carbocycles. The van der Waals surface area contributed by atoms with E-state index in [1.54, 1.807) is 55.6 Å². The maximum absolute atomic E-state index is 13.0. The van der Waals surface area contributed by atoms with Gasteiger partial charge in [0.15, 0.2) is 0 Å². The number of rotatable bonds is 7. The standard InChI is InChI=1S/C22H24N2O4S/c1-4-15(2)23-22(25)20-7-5-6-8-21(20)24-29(26,27)19-12-10-16-13-18(28-3)11-9-17(16)14-19/h5-15,24H,4H2,1-3H3,(H,23,25)/t15-/m0/s1. The highest BCUT2D eigenvalue weighted by Gasteiger charge is 2.19. The lowest BCUT2D eigenvalue weighted by Gasteiger charge is -2.15. The van der Waals surface area contributed by atoms with Gasteiger partial charge in [0.2, 0.25) is 0 Å². The summed E-state index contributed by atoms with van der Waals surface area (Å²) in [4.78, 5) is 12.7. The van der Waals surface area contributed by atoms with E-state index in [2.05, 4.69) is 10.0 Å². The second-order valence-corrected chi connectivity index (χ2v) is 8.49. The third-order valence-electron chi connectivity index (χ3n) is 4.74. The Morgan fingerprint density at radius 3 is 2.45 bits per heavy atom. The van der Waals surface area contributed by atoms with Crippen molar-refractivity contribution in [2.45, 2.75) is 31.2 Å². The van der Waals surface area contributed by atoms with Crippen LogP contribution in [0.5, 0.6) is 5.75 Å². The molecule has 3 aromatic carbocycles. The van der Waals surface area contributed by atoms with Crippen molar-refractivity contribution in [3.8, 4) is 5.75 Å². The van der Waals surface area contributed by atoms with Gasteiger partial charge in [-0.2, -0.15) is 0 Å². The van der Waals surface area contributed by atoms with E-state index < -0.39 is 10.0 Å². The summed E-state index contributed by atoms with van der Waals surface area (Å²) in [6.45, 7) is 3.86. The van der Waals surface area contributed by atoms with E-state index >= 15 is 0 Å². The van der Waals surface area contributed by atoms with E-state index in [1.807, 2.05) is 19.9 Å². The largest absolute Gasteiger partial charge is 0.497 e. The van der Waals surface area contributed by atoms with Crippen molar-refractivity contribution in [3.63, 3.8) is 0 Å². The van der Waals surface area contributed by atoms with Crippen LogP contribution < -0.4 is 14.8 Å². The average molecular weight is 413 g/mol. The third kappa shape index (κ3) is 4.68. The van der Waals surface area contributed by atoms with Gasteiger partial charge >= 0.3 is 0 Å². The Morgan fingerprint density at radius 2 is 1.72 bits per heavy atom. The average Bonchev–Trinajstić information content (AvgIpc) is 2.72. The molecule has 0 saturated carbocycles. The predicted octanol–water partition coefficient (Wildman–Crippen LogP) is 4.18. The molecular weight excluding hydrogens is 388 g/mol. The van der Waals surface area contributed by atoms with Crippen LogP contribution in [0.3, 0.4) is 0 Å². The molecule has 0 spiro atoms. The summed E-state index contributed by atoms with van der Waals surface area (Å²) in [6.07, 6.45) is 0.779. The van der Waals surface area contributed by atoms with Crippen molar-refractivity contribution in [1.82, 2.24) is 5.32 Å². The number of methoxy groups -OCH3 is 1. The SMILES string of the molecule is CC[C@H](C)NC(=O)c1ccccc1NS(=O)(=O)c1ccc2cc(OC)ccc2c1. The van der Waals surface area contributed by atoms with Crippen LogP contribution in [0, 0.1) is 0 Å². The number of hydrogen-bond acceptors (Lipinski definition) is 4. The summed E-state index contributed by atoms with van der Waals surface area (Å²) in [7, 11) is -2.29. The quantitative estimate of drug-likeness (QED) is 0.610. The van der Waals surface area contributed by atoms with E-state index in [0.29, 0.717) is 5.75 Å². The first-order chi connectivity index (χ1) is 13.8. The van der Waals surface area contributed by atoms with Crippen LogP contribution in [0.15, 0.2) is 65.6 Å². The fourth-order valence-electron chi connectivity index (χ4n) is 2.87. The molecule has 0 aromatic heterocycles. The lowest BCUT2D eigenvalue weighted by Crippen LogP contribution is -2.32. The lowest BCUT2D eigenvalue weighted by atomic mass is 10.1. The van der Waals surface area contributed by atoms with Crippen LogP contribution in [0.4, 0.5) is 5.69 Å². The minimum absolute atomic E-state index is 0.00959. The van der Waals surface area contributed by atoms with Gasteiger partial charge in [0.1, 0.15) is 5.75 Å². The molecule has 3 rings (SSSR count). The first-order valence-corrected chi connectivity index (χ1v) is 10.8. The Hall–Kier alpha value is -3.06. The second kappa shape index (κ2) is 8.53.